The molecule has 2 heterocycles. The van der Waals surface area contributed by atoms with Crippen molar-refractivity contribution in [3.8, 4) is 0 Å². The molecule has 0 aliphatic carbocycles. The summed E-state index contributed by atoms with van der Waals surface area (Å²) < 4.78 is 11.1. The molecule has 1 atom stereocenters. The van der Waals surface area contributed by atoms with Gasteiger partial charge in [-0.3, -0.25) is 0 Å². The Balaban J connectivity index is 1.96. The number of hydrogen-bond acceptors (Lipinski definition) is 3. The number of rotatable bonds is 3. The molecule has 3 rings (SSSR count). The molecule has 1 saturated heterocycles. The van der Waals surface area contributed by atoms with Gasteiger partial charge in [-0.1, -0.05) is 30.3 Å². The maximum atomic E-state index is 10.8. The van der Waals surface area contributed by atoms with E-state index in [0.717, 1.165) is 25.0 Å². The molecule has 0 bridgehead atoms. The fourth-order valence-electron chi connectivity index (χ4n) is 3.13. The zero-order valence-electron chi connectivity index (χ0n) is 11.0. The molecule has 2 aliphatic rings. The fourth-order valence-corrected chi connectivity index (χ4v) is 3.13. The molecule has 1 unspecified atom stereocenters. The lowest BCUT2D eigenvalue weighted by Gasteiger charge is -2.41. The van der Waals surface area contributed by atoms with Crippen LogP contribution in [0.15, 0.2) is 42.2 Å². The van der Waals surface area contributed by atoms with E-state index in [0.29, 0.717) is 19.8 Å². The van der Waals surface area contributed by atoms with Gasteiger partial charge in [-0.2, -0.15) is 0 Å². The quantitative estimate of drug-likeness (QED) is 0.907. The topological polar surface area (TPSA) is 38.7 Å². The summed E-state index contributed by atoms with van der Waals surface area (Å²) in [6.07, 6.45) is 4.01. The van der Waals surface area contributed by atoms with Gasteiger partial charge < -0.3 is 14.6 Å². The molecule has 2 aliphatic heterocycles. The Morgan fingerprint density at radius 3 is 2.42 bits per heavy atom. The Morgan fingerprint density at radius 1 is 1.05 bits per heavy atom. The highest BCUT2D eigenvalue weighted by molar-refractivity contribution is 5.31. The highest BCUT2D eigenvalue weighted by atomic mass is 16.5. The minimum absolute atomic E-state index is 0.268. The van der Waals surface area contributed by atoms with Gasteiger partial charge >= 0.3 is 0 Å². The van der Waals surface area contributed by atoms with Crippen LogP contribution in [-0.2, 0) is 14.9 Å². The van der Waals surface area contributed by atoms with Gasteiger partial charge in [0.15, 0.2) is 0 Å². The van der Waals surface area contributed by atoms with Crippen LogP contribution in [0.3, 0.4) is 0 Å². The summed E-state index contributed by atoms with van der Waals surface area (Å²) in [7, 11) is 0. The van der Waals surface area contributed by atoms with Gasteiger partial charge in [0, 0.05) is 25.0 Å². The Morgan fingerprint density at radius 2 is 1.79 bits per heavy atom. The van der Waals surface area contributed by atoms with Crippen LogP contribution in [0.2, 0.25) is 0 Å². The lowest BCUT2D eigenvalue weighted by Crippen LogP contribution is -2.45. The first-order valence-corrected chi connectivity index (χ1v) is 6.97. The van der Waals surface area contributed by atoms with Gasteiger partial charge in [0.05, 0.1) is 6.61 Å². The third-order valence-electron chi connectivity index (χ3n) is 4.26. The Labute approximate surface area is 113 Å². The minimum atomic E-state index is -0.568. The van der Waals surface area contributed by atoms with Crippen LogP contribution in [0.4, 0.5) is 0 Å². The van der Waals surface area contributed by atoms with Gasteiger partial charge in [-0.15, -0.1) is 0 Å². The van der Waals surface area contributed by atoms with Crippen LogP contribution >= 0.6 is 0 Å². The molecule has 102 valence electrons. The molecule has 0 radical (unpaired) electrons. The second kappa shape index (κ2) is 5.35. The van der Waals surface area contributed by atoms with Crippen molar-refractivity contribution in [3.05, 3.63) is 47.7 Å². The molecule has 0 aromatic heterocycles. The third kappa shape index (κ3) is 2.28. The van der Waals surface area contributed by atoms with E-state index in [1.54, 1.807) is 0 Å². The summed E-state index contributed by atoms with van der Waals surface area (Å²) in [6.45, 7) is 2.08. The standard InChI is InChI=1S/C16H20O3/c17-15(14-7-4-10-19-14)16(8-11-18-12-9-16)13-5-2-1-3-6-13/h1-3,5-7,15,17H,4,8-12H2. The summed E-state index contributed by atoms with van der Waals surface area (Å²) >= 11 is 0. The SMILES string of the molecule is OC(C1=CCCO1)C1(c2ccccc2)CCOCC1. The van der Waals surface area contributed by atoms with E-state index in [9.17, 15) is 5.11 Å². The first-order chi connectivity index (χ1) is 9.33. The average Bonchev–Trinajstić information content (AvgIpc) is 3.02. The van der Waals surface area contributed by atoms with Crippen LogP contribution in [-0.4, -0.2) is 31.0 Å². The molecule has 1 aromatic carbocycles. The van der Waals surface area contributed by atoms with Crippen molar-refractivity contribution in [2.24, 2.45) is 0 Å². The number of aliphatic hydroxyl groups excluding tert-OH is 1. The van der Waals surface area contributed by atoms with Crippen LogP contribution in [0, 0.1) is 0 Å². The van der Waals surface area contributed by atoms with Crippen molar-refractivity contribution < 1.29 is 14.6 Å². The van der Waals surface area contributed by atoms with Crippen molar-refractivity contribution in [3.63, 3.8) is 0 Å². The maximum Gasteiger partial charge on any atom is 0.122 e. The molecule has 0 amide bonds. The smallest absolute Gasteiger partial charge is 0.122 e. The molecule has 1 fully saturated rings. The van der Waals surface area contributed by atoms with Crippen LogP contribution in [0.25, 0.3) is 0 Å². The van der Waals surface area contributed by atoms with Crippen LogP contribution in [0.5, 0.6) is 0 Å². The lowest BCUT2D eigenvalue weighted by atomic mass is 9.69. The summed E-state index contributed by atoms with van der Waals surface area (Å²) in [5.74, 6) is 0.741. The number of hydrogen-bond donors (Lipinski definition) is 1. The third-order valence-corrected chi connectivity index (χ3v) is 4.26. The number of aliphatic hydroxyl groups is 1. The van der Waals surface area contributed by atoms with E-state index in [2.05, 4.69) is 12.1 Å². The molecule has 3 nitrogen and oxygen atoms in total. The molecule has 19 heavy (non-hydrogen) atoms. The predicted octanol–water partition coefficient (Wildman–Crippen LogP) is 2.40. The van der Waals surface area contributed by atoms with E-state index in [1.165, 1.54) is 5.56 Å². The highest BCUT2D eigenvalue weighted by Crippen LogP contribution is 2.41. The summed E-state index contributed by atoms with van der Waals surface area (Å²) in [5, 5.41) is 10.8. The van der Waals surface area contributed by atoms with Gasteiger partial charge in [-0.05, 0) is 24.5 Å². The molecule has 1 N–H and O–H groups in total. The van der Waals surface area contributed by atoms with E-state index in [4.69, 9.17) is 9.47 Å². The summed E-state index contributed by atoms with van der Waals surface area (Å²) in [5.41, 5.74) is 0.914. The number of ether oxygens (including phenoxy) is 2. The van der Waals surface area contributed by atoms with Crippen molar-refractivity contribution in [1.29, 1.82) is 0 Å². The predicted molar refractivity (Wildman–Crippen MR) is 72.8 cm³/mol. The molecular formula is C16H20O3. The van der Waals surface area contributed by atoms with E-state index in [1.807, 2.05) is 24.3 Å². The van der Waals surface area contributed by atoms with Crippen LogP contribution in [0.1, 0.15) is 24.8 Å². The van der Waals surface area contributed by atoms with Gasteiger partial charge in [-0.25, -0.2) is 0 Å². The largest absolute Gasteiger partial charge is 0.495 e. The van der Waals surface area contributed by atoms with Crippen molar-refractivity contribution in [1.82, 2.24) is 0 Å². The summed E-state index contributed by atoms with van der Waals surface area (Å²) in [6, 6.07) is 10.3. The second-order valence-electron chi connectivity index (χ2n) is 5.28. The normalized spacial score (nSPS) is 23.5. The average molecular weight is 260 g/mol. The van der Waals surface area contributed by atoms with Crippen molar-refractivity contribution >= 4 is 0 Å². The molecule has 1 aromatic rings. The molecule has 0 spiro atoms. The zero-order valence-corrected chi connectivity index (χ0v) is 11.0. The molecular weight excluding hydrogens is 240 g/mol. The first kappa shape index (κ1) is 12.7. The highest BCUT2D eigenvalue weighted by Gasteiger charge is 2.43. The summed E-state index contributed by atoms with van der Waals surface area (Å²) in [4.78, 5) is 0. The Bertz CT molecular complexity index is 446. The van der Waals surface area contributed by atoms with Crippen molar-refractivity contribution in [2.75, 3.05) is 19.8 Å². The van der Waals surface area contributed by atoms with Gasteiger partial charge in [0.25, 0.3) is 0 Å². The maximum absolute atomic E-state index is 10.8. The van der Waals surface area contributed by atoms with E-state index >= 15 is 0 Å². The molecule has 0 saturated carbocycles. The van der Waals surface area contributed by atoms with Gasteiger partial charge in [0.1, 0.15) is 11.9 Å². The fraction of sp³-hybridized carbons (Fsp3) is 0.500. The Kier molecular flexibility index (Phi) is 3.58. The monoisotopic (exact) mass is 260 g/mol. The second-order valence-corrected chi connectivity index (χ2v) is 5.28. The molecule has 3 heteroatoms. The van der Waals surface area contributed by atoms with E-state index in [-0.39, 0.29) is 5.41 Å². The van der Waals surface area contributed by atoms with Crippen LogP contribution < -0.4 is 0 Å². The first-order valence-electron chi connectivity index (χ1n) is 6.97. The zero-order chi connectivity index (χ0) is 13.1. The Hall–Kier alpha value is -1.32. The van der Waals surface area contributed by atoms with E-state index < -0.39 is 6.10 Å². The number of benzene rings is 1. The van der Waals surface area contributed by atoms with Crippen molar-refractivity contribution in [2.45, 2.75) is 30.8 Å². The lowest BCUT2D eigenvalue weighted by molar-refractivity contribution is -0.0205. The minimum Gasteiger partial charge on any atom is -0.495 e. The van der Waals surface area contributed by atoms with Gasteiger partial charge in [0.2, 0.25) is 0 Å².